The van der Waals surface area contributed by atoms with Gasteiger partial charge in [-0.25, -0.2) is 0 Å². The Morgan fingerprint density at radius 1 is 0.302 bits per heavy atom. The molecule has 1 atom stereocenters. The molecular formula is C57H106O6. The monoisotopic (exact) mass is 887 g/mol. The first-order chi connectivity index (χ1) is 31.0. The fraction of sp³-hybridized carbons (Fsp3) is 0.877. The van der Waals surface area contributed by atoms with Gasteiger partial charge in [-0.15, -0.1) is 0 Å². The van der Waals surface area contributed by atoms with E-state index in [9.17, 15) is 14.4 Å². The average molecular weight is 887 g/mol. The predicted octanol–water partition coefficient (Wildman–Crippen LogP) is 18.3. The zero-order valence-corrected chi connectivity index (χ0v) is 42.4. The summed E-state index contributed by atoms with van der Waals surface area (Å²) in [5, 5.41) is 0. The Bertz CT molecular complexity index is 1020. The van der Waals surface area contributed by atoms with Gasteiger partial charge in [0.15, 0.2) is 6.10 Å². The molecule has 0 aromatic carbocycles. The lowest BCUT2D eigenvalue weighted by Gasteiger charge is -2.18. The molecule has 0 rings (SSSR count). The van der Waals surface area contributed by atoms with Crippen molar-refractivity contribution in [3.8, 4) is 0 Å². The van der Waals surface area contributed by atoms with E-state index in [1.807, 2.05) is 0 Å². The number of hydrogen-bond donors (Lipinski definition) is 0. The van der Waals surface area contributed by atoms with Crippen LogP contribution in [0.1, 0.15) is 303 Å². The summed E-state index contributed by atoms with van der Waals surface area (Å²) in [7, 11) is 0. The molecule has 0 N–H and O–H groups in total. The Labute approximate surface area is 392 Å². The van der Waals surface area contributed by atoms with E-state index in [0.29, 0.717) is 19.3 Å². The fourth-order valence-corrected chi connectivity index (χ4v) is 8.20. The molecule has 0 spiro atoms. The molecular weight excluding hydrogens is 781 g/mol. The summed E-state index contributed by atoms with van der Waals surface area (Å²) in [6.45, 7) is 6.65. The van der Waals surface area contributed by atoms with Gasteiger partial charge in [0.05, 0.1) is 0 Å². The molecule has 0 fully saturated rings. The van der Waals surface area contributed by atoms with Crippen molar-refractivity contribution in [3.63, 3.8) is 0 Å². The van der Waals surface area contributed by atoms with Gasteiger partial charge in [0.25, 0.3) is 0 Å². The molecule has 370 valence electrons. The van der Waals surface area contributed by atoms with Crippen molar-refractivity contribution in [2.24, 2.45) is 0 Å². The number of esters is 3. The van der Waals surface area contributed by atoms with Gasteiger partial charge >= 0.3 is 17.9 Å². The Kier molecular flexibility index (Phi) is 50.8. The molecule has 0 aliphatic rings. The normalized spacial score (nSPS) is 12.1. The third-order valence-corrected chi connectivity index (χ3v) is 12.4. The quantitative estimate of drug-likeness (QED) is 0.0262. The summed E-state index contributed by atoms with van der Waals surface area (Å²) >= 11 is 0. The summed E-state index contributed by atoms with van der Waals surface area (Å²) in [4.78, 5) is 38.1. The molecule has 0 saturated heterocycles. The Balaban J connectivity index is 4.34. The van der Waals surface area contributed by atoms with Gasteiger partial charge in [-0.2, -0.15) is 0 Å². The number of rotatable bonds is 51. The molecule has 0 heterocycles. The third kappa shape index (κ3) is 50.7. The Morgan fingerprint density at radius 2 is 0.524 bits per heavy atom. The van der Waals surface area contributed by atoms with Crippen molar-refractivity contribution < 1.29 is 28.6 Å². The summed E-state index contributed by atoms with van der Waals surface area (Å²) in [5.74, 6) is -0.868. The van der Waals surface area contributed by atoms with Crippen molar-refractivity contribution >= 4 is 17.9 Å². The van der Waals surface area contributed by atoms with Crippen molar-refractivity contribution in [2.45, 2.75) is 309 Å². The van der Waals surface area contributed by atoms with E-state index >= 15 is 0 Å². The smallest absolute Gasteiger partial charge is 0.306 e. The second-order valence-corrected chi connectivity index (χ2v) is 18.8. The van der Waals surface area contributed by atoms with Crippen LogP contribution in [0.2, 0.25) is 0 Å². The molecule has 0 aliphatic carbocycles. The molecule has 0 aromatic heterocycles. The van der Waals surface area contributed by atoms with E-state index < -0.39 is 6.10 Å². The van der Waals surface area contributed by atoms with Crippen LogP contribution in [-0.2, 0) is 28.6 Å². The first kappa shape index (κ1) is 60.9. The van der Waals surface area contributed by atoms with Crippen LogP contribution in [0, 0.1) is 0 Å². The first-order valence-corrected chi connectivity index (χ1v) is 27.8. The number of unbranched alkanes of at least 4 members (excludes halogenated alkanes) is 36. The number of ether oxygens (including phenoxy) is 3. The molecule has 6 heteroatoms. The number of carbonyl (C=O) groups is 3. The molecule has 0 saturated carbocycles. The van der Waals surface area contributed by atoms with E-state index in [2.05, 4.69) is 45.1 Å². The van der Waals surface area contributed by atoms with Crippen LogP contribution in [0.3, 0.4) is 0 Å². The highest BCUT2D eigenvalue weighted by Gasteiger charge is 2.19. The maximum atomic E-state index is 12.8. The lowest BCUT2D eigenvalue weighted by Crippen LogP contribution is -2.30. The molecule has 0 aliphatic heterocycles. The van der Waals surface area contributed by atoms with Gasteiger partial charge in [0.1, 0.15) is 13.2 Å². The SMILES string of the molecule is CCCCCC/C=C\CCCCCCCC(=O)OCC(COC(=O)CCCCCCCCC/C=C\CCCCCCCC)OC(=O)CCCCCCCCCCCCCCCCC. The lowest BCUT2D eigenvalue weighted by atomic mass is 10.0. The van der Waals surface area contributed by atoms with Gasteiger partial charge < -0.3 is 14.2 Å². The molecule has 63 heavy (non-hydrogen) atoms. The van der Waals surface area contributed by atoms with Crippen molar-refractivity contribution in [1.29, 1.82) is 0 Å². The molecule has 6 nitrogen and oxygen atoms in total. The van der Waals surface area contributed by atoms with Crippen LogP contribution in [0.4, 0.5) is 0 Å². The molecule has 0 bridgehead atoms. The van der Waals surface area contributed by atoms with E-state index in [1.165, 1.54) is 199 Å². The van der Waals surface area contributed by atoms with E-state index in [0.717, 1.165) is 64.2 Å². The highest BCUT2D eigenvalue weighted by molar-refractivity contribution is 5.71. The fourth-order valence-electron chi connectivity index (χ4n) is 8.20. The highest BCUT2D eigenvalue weighted by Crippen LogP contribution is 2.16. The van der Waals surface area contributed by atoms with E-state index in [1.54, 1.807) is 0 Å². The van der Waals surface area contributed by atoms with Crippen LogP contribution < -0.4 is 0 Å². The summed E-state index contributed by atoms with van der Waals surface area (Å²) in [6, 6.07) is 0. The van der Waals surface area contributed by atoms with Gasteiger partial charge in [0, 0.05) is 19.3 Å². The molecule has 0 radical (unpaired) electrons. The number of hydrogen-bond acceptors (Lipinski definition) is 6. The Hall–Kier alpha value is -2.11. The Morgan fingerprint density at radius 3 is 0.810 bits per heavy atom. The van der Waals surface area contributed by atoms with Crippen molar-refractivity contribution in [3.05, 3.63) is 24.3 Å². The summed E-state index contributed by atoms with van der Waals surface area (Å²) < 4.78 is 16.8. The maximum absolute atomic E-state index is 12.8. The highest BCUT2D eigenvalue weighted by atomic mass is 16.6. The zero-order valence-electron chi connectivity index (χ0n) is 42.4. The topological polar surface area (TPSA) is 78.9 Å². The van der Waals surface area contributed by atoms with E-state index in [-0.39, 0.29) is 31.1 Å². The van der Waals surface area contributed by atoms with Crippen molar-refractivity contribution in [2.75, 3.05) is 13.2 Å². The second-order valence-electron chi connectivity index (χ2n) is 18.8. The van der Waals surface area contributed by atoms with Crippen LogP contribution in [0.25, 0.3) is 0 Å². The number of allylic oxidation sites excluding steroid dienone is 4. The standard InChI is InChI=1S/C57H106O6/c1-4-7-10-13-16-19-22-25-27-28-30-32-35-38-41-44-47-50-56(59)62-53-54(52-61-55(58)49-46-43-40-37-34-31-24-21-18-15-12-9-6-3)63-57(60)51-48-45-42-39-36-33-29-26-23-20-17-14-11-8-5-2/h21,24-25,27,54H,4-20,22-23,26,28-53H2,1-3H3/b24-21-,27-25-. The minimum absolute atomic E-state index is 0.0721. The maximum Gasteiger partial charge on any atom is 0.306 e. The number of carbonyl (C=O) groups excluding carboxylic acids is 3. The third-order valence-electron chi connectivity index (χ3n) is 12.4. The van der Waals surface area contributed by atoms with Gasteiger partial charge in [0.2, 0.25) is 0 Å². The van der Waals surface area contributed by atoms with Gasteiger partial charge in [-0.1, -0.05) is 238 Å². The lowest BCUT2D eigenvalue weighted by molar-refractivity contribution is -0.167. The summed E-state index contributed by atoms with van der Waals surface area (Å²) in [6.07, 6.45) is 60.2. The van der Waals surface area contributed by atoms with Crippen LogP contribution in [0.5, 0.6) is 0 Å². The van der Waals surface area contributed by atoms with Crippen LogP contribution in [0.15, 0.2) is 24.3 Å². The second kappa shape index (κ2) is 52.5. The molecule has 0 aromatic rings. The van der Waals surface area contributed by atoms with E-state index in [4.69, 9.17) is 14.2 Å². The van der Waals surface area contributed by atoms with Crippen LogP contribution >= 0.6 is 0 Å². The average Bonchev–Trinajstić information content (AvgIpc) is 3.28. The van der Waals surface area contributed by atoms with Crippen molar-refractivity contribution in [1.82, 2.24) is 0 Å². The largest absolute Gasteiger partial charge is 0.462 e. The van der Waals surface area contributed by atoms with Gasteiger partial charge in [-0.3, -0.25) is 14.4 Å². The zero-order chi connectivity index (χ0) is 45.8. The molecule has 0 amide bonds. The predicted molar refractivity (Wildman–Crippen MR) is 270 cm³/mol. The molecule has 1 unspecified atom stereocenters. The van der Waals surface area contributed by atoms with Crippen LogP contribution in [-0.4, -0.2) is 37.2 Å². The first-order valence-electron chi connectivity index (χ1n) is 27.8. The minimum Gasteiger partial charge on any atom is -0.462 e. The van der Waals surface area contributed by atoms with Gasteiger partial charge in [-0.05, 0) is 70.6 Å². The minimum atomic E-state index is -0.771. The summed E-state index contributed by atoms with van der Waals surface area (Å²) in [5.41, 5.74) is 0.